The highest BCUT2D eigenvalue weighted by Gasteiger charge is 2.15. The number of benzene rings is 1. The van der Waals surface area contributed by atoms with Gasteiger partial charge in [-0.05, 0) is 24.3 Å². The van der Waals surface area contributed by atoms with Gasteiger partial charge in [0.15, 0.2) is 0 Å². The molecule has 1 atom stereocenters. The van der Waals surface area contributed by atoms with Crippen molar-refractivity contribution in [3.8, 4) is 0 Å². The van der Waals surface area contributed by atoms with E-state index in [0.717, 1.165) is 12.3 Å². The lowest BCUT2D eigenvalue weighted by Gasteiger charge is -2.19. The minimum atomic E-state index is 0.348. The van der Waals surface area contributed by atoms with Gasteiger partial charge >= 0.3 is 0 Å². The Balaban J connectivity index is 1.78. The molecule has 0 radical (unpaired) electrons. The van der Waals surface area contributed by atoms with Crippen LogP contribution in [0.2, 0.25) is 0 Å². The van der Waals surface area contributed by atoms with Crippen LogP contribution in [0.15, 0.2) is 30.3 Å². The second-order valence-electron chi connectivity index (χ2n) is 5.54. The van der Waals surface area contributed by atoms with Gasteiger partial charge in [-0.1, -0.05) is 68.9 Å². The fourth-order valence-electron chi connectivity index (χ4n) is 3.03. The Morgan fingerprint density at radius 1 is 1.00 bits per heavy atom. The molecule has 0 amide bonds. The summed E-state index contributed by atoms with van der Waals surface area (Å²) in [6, 6.07) is 11.0. The van der Waals surface area contributed by atoms with E-state index in [1.807, 2.05) is 0 Å². The highest BCUT2D eigenvalue weighted by Crippen LogP contribution is 2.26. The topological polar surface area (TPSA) is 26.0 Å². The van der Waals surface area contributed by atoms with Gasteiger partial charge < -0.3 is 5.73 Å². The number of hydrogen-bond donors (Lipinski definition) is 1. The normalized spacial score (nSPS) is 19.8. The molecule has 1 aliphatic rings. The lowest BCUT2D eigenvalue weighted by Crippen LogP contribution is -2.26. The number of rotatable bonds is 4. The largest absolute Gasteiger partial charge is 0.327 e. The van der Waals surface area contributed by atoms with Gasteiger partial charge in [-0.15, -0.1) is 0 Å². The van der Waals surface area contributed by atoms with E-state index in [2.05, 4.69) is 30.3 Å². The highest BCUT2D eigenvalue weighted by molar-refractivity contribution is 5.15. The van der Waals surface area contributed by atoms with Crippen LogP contribution in [-0.2, 0) is 6.42 Å². The Labute approximate surface area is 105 Å². The van der Waals surface area contributed by atoms with Gasteiger partial charge in [0.2, 0.25) is 0 Å². The first-order chi connectivity index (χ1) is 8.34. The molecule has 0 spiro atoms. The summed E-state index contributed by atoms with van der Waals surface area (Å²) in [6.45, 7) is 0. The molecule has 2 N–H and O–H groups in total. The zero-order valence-corrected chi connectivity index (χ0v) is 10.8. The third-order valence-electron chi connectivity index (χ3n) is 3.95. The molecular formula is C16H25N. The van der Waals surface area contributed by atoms with Gasteiger partial charge in [-0.2, -0.15) is 0 Å². The summed E-state index contributed by atoms with van der Waals surface area (Å²) in [5.41, 5.74) is 7.67. The molecule has 1 nitrogen and oxygen atoms in total. The molecular weight excluding hydrogens is 206 g/mol. The fraction of sp³-hybridized carbons (Fsp3) is 0.625. The van der Waals surface area contributed by atoms with Crippen molar-refractivity contribution in [2.24, 2.45) is 11.7 Å². The zero-order valence-electron chi connectivity index (χ0n) is 10.8. The molecule has 1 aliphatic carbocycles. The molecule has 2 rings (SSSR count). The predicted molar refractivity (Wildman–Crippen MR) is 73.9 cm³/mol. The maximum Gasteiger partial charge on any atom is 0.00819 e. The summed E-state index contributed by atoms with van der Waals surface area (Å²) in [5.74, 6) is 0.885. The minimum absolute atomic E-state index is 0.348. The van der Waals surface area contributed by atoms with Crippen molar-refractivity contribution in [1.82, 2.24) is 0 Å². The summed E-state index contributed by atoms with van der Waals surface area (Å²) in [4.78, 5) is 0. The Hall–Kier alpha value is -0.820. The SMILES string of the molecule is NC(Cc1ccccc1)CC1CCCCCC1. The lowest BCUT2D eigenvalue weighted by atomic mass is 9.90. The third kappa shape index (κ3) is 4.51. The first kappa shape index (κ1) is 12.6. The van der Waals surface area contributed by atoms with Crippen molar-refractivity contribution in [1.29, 1.82) is 0 Å². The highest BCUT2D eigenvalue weighted by atomic mass is 14.6. The molecule has 1 fully saturated rings. The van der Waals surface area contributed by atoms with E-state index in [0.29, 0.717) is 6.04 Å². The number of nitrogens with two attached hydrogens (primary N) is 1. The van der Waals surface area contributed by atoms with E-state index in [-0.39, 0.29) is 0 Å². The second kappa shape index (κ2) is 6.80. The maximum absolute atomic E-state index is 6.29. The molecule has 1 heteroatoms. The molecule has 0 saturated heterocycles. The van der Waals surface area contributed by atoms with Crippen LogP contribution in [0.4, 0.5) is 0 Å². The minimum Gasteiger partial charge on any atom is -0.327 e. The van der Waals surface area contributed by atoms with Gasteiger partial charge in [0.1, 0.15) is 0 Å². The molecule has 1 saturated carbocycles. The first-order valence-electron chi connectivity index (χ1n) is 7.14. The van der Waals surface area contributed by atoms with E-state index >= 15 is 0 Å². The molecule has 94 valence electrons. The fourth-order valence-corrected chi connectivity index (χ4v) is 3.03. The van der Waals surface area contributed by atoms with Crippen LogP contribution in [0.3, 0.4) is 0 Å². The van der Waals surface area contributed by atoms with E-state index in [1.165, 1.54) is 50.5 Å². The molecule has 0 bridgehead atoms. The lowest BCUT2D eigenvalue weighted by molar-refractivity contribution is 0.387. The van der Waals surface area contributed by atoms with Gasteiger partial charge in [0.05, 0.1) is 0 Å². The third-order valence-corrected chi connectivity index (χ3v) is 3.95. The first-order valence-corrected chi connectivity index (χ1v) is 7.14. The average Bonchev–Trinajstić information content (AvgIpc) is 2.59. The second-order valence-corrected chi connectivity index (χ2v) is 5.54. The van der Waals surface area contributed by atoms with E-state index in [1.54, 1.807) is 0 Å². The van der Waals surface area contributed by atoms with Crippen molar-refractivity contribution in [2.45, 2.75) is 57.4 Å². The average molecular weight is 231 g/mol. The van der Waals surface area contributed by atoms with Crippen LogP contribution in [0.5, 0.6) is 0 Å². The van der Waals surface area contributed by atoms with Crippen LogP contribution >= 0.6 is 0 Å². The number of hydrogen-bond acceptors (Lipinski definition) is 1. The van der Waals surface area contributed by atoms with Gasteiger partial charge in [0.25, 0.3) is 0 Å². The monoisotopic (exact) mass is 231 g/mol. The standard InChI is InChI=1S/C16H25N/c17-16(13-15-10-6-3-7-11-15)12-14-8-4-1-2-5-9-14/h3,6-7,10-11,14,16H,1-2,4-5,8-9,12-13,17H2. The quantitative estimate of drug-likeness (QED) is 0.781. The summed E-state index contributed by atoms with van der Waals surface area (Å²) in [6.07, 6.45) is 10.8. The zero-order chi connectivity index (χ0) is 11.9. The van der Waals surface area contributed by atoms with E-state index in [4.69, 9.17) is 5.73 Å². The van der Waals surface area contributed by atoms with Crippen LogP contribution in [0.25, 0.3) is 0 Å². The summed E-state index contributed by atoms with van der Waals surface area (Å²) in [5, 5.41) is 0. The molecule has 0 aliphatic heterocycles. The predicted octanol–water partition coefficient (Wildman–Crippen LogP) is 3.92. The maximum atomic E-state index is 6.29. The molecule has 0 aromatic heterocycles. The van der Waals surface area contributed by atoms with E-state index in [9.17, 15) is 0 Å². The van der Waals surface area contributed by atoms with Crippen molar-refractivity contribution in [3.05, 3.63) is 35.9 Å². The Kier molecular flexibility index (Phi) is 5.06. The van der Waals surface area contributed by atoms with E-state index < -0.39 is 0 Å². The Morgan fingerprint density at radius 2 is 1.65 bits per heavy atom. The molecule has 1 unspecified atom stereocenters. The van der Waals surface area contributed by atoms with Crippen LogP contribution in [-0.4, -0.2) is 6.04 Å². The molecule has 1 aromatic rings. The van der Waals surface area contributed by atoms with Crippen molar-refractivity contribution < 1.29 is 0 Å². The van der Waals surface area contributed by atoms with Crippen LogP contribution in [0.1, 0.15) is 50.5 Å². The van der Waals surface area contributed by atoms with Crippen molar-refractivity contribution in [2.75, 3.05) is 0 Å². The Bertz CT molecular complexity index is 299. The molecule has 17 heavy (non-hydrogen) atoms. The summed E-state index contributed by atoms with van der Waals surface area (Å²) in [7, 11) is 0. The van der Waals surface area contributed by atoms with Gasteiger partial charge in [-0.3, -0.25) is 0 Å². The molecule has 0 heterocycles. The van der Waals surface area contributed by atoms with Crippen molar-refractivity contribution >= 4 is 0 Å². The summed E-state index contributed by atoms with van der Waals surface area (Å²) >= 11 is 0. The molecule has 1 aromatic carbocycles. The smallest absolute Gasteiger partial charge is 0.00819 e. The Morgan fingerprint density at radius 3 is 2.29 bits per heavy atom. The van der Waals surface area contributed by atoms with Crippen LogP contribution < -0.4 is 5.73 Å². The summed E-state index contributed by atoms with van der Waals surface area (Å²) < 4.78 is 0. The van der Waals surface area contributed by atoms with Gasteiger partial charge in [-0.25, -0.2) is 0 Å². The van der Waals surface area contributed by atoms with Crippen molar-refractivity contribution in [3.63, 3.8) is 0 Å². The van der Waals surface area contributed by atoms with Gasteiger partial charge in [0, 0.05) is 6.04 Å². The van der Waals surface area contributed by atoms with Crippen LogP contribution in [0, 0.1) is 5.92 Å².